The number of aromatic amines is 1. The molecule has 0 fully saturated rings. The van der Waals surface area contributed by atoms with Gasteiger partial charge in [-0.15, -0.1) is 10.2 Å². The van der Waals surface area contributed by atoms with Crippen molar-refractivity contribution in [3.05, 3.63) is 78.0 Å². The maximum absolute atomic E-state index is 4.41. The molecule has 0 bridgehead atoms. The summed E-state index contributed by atoms with van der Waals surface area (Å²) in [5.41, 5.74) is 6.53. The van der Waals surface area contributed by atoms with Gasteiger partial charge in [-0.25, -0.2) is 0 Å². The first-order valence-corrected chi connectivity index (χ1v) is 11.5. The lowest BCUT2D eigenvalue weighted by molar-refractivity contribution is 0.298. The number of anilines is 1. The van der Waals surface area contributed by atoms with E-state index in [2.05, 4.69) is 90.4 Å². The quantitative estimate of drug-likeness (QED) is 0.510. The van der Waals surface area contributed by atoms with Gasteiger partial charge in [0.25, 0.3) is 0 Å². The molecule has 32 heavy (non-hydrogen) atoms. The highest BCUT2D eigenvalue weighted by molar-refractivity contribution is 5.92. The van der Waals surface area contributed by atoms with Gasteiger partial charge in [0.05, 0.1) is 17.9 Å². The molecule has 0 amide bonds. The van der Waals surface area contributed by atoms with Crippen LogP contribution < -0.4 is 4.90 Å². The maximum atomic E-state index is 4.41. The Labute approximate surface area is 188 Å². The number of rotatable bonds is 5. The van der Waals surface area contributed by atoms with Crippen molar-refractivity contribution in [2.24, 2.45) is 0 Å². The average molecular weight is 425 g/mol. The lowest BCUT2D eigenvalue weighted by atomic mass is 9.99. The second-order valence-electron chi connectivity index (χ2n) is 8.79. The molecule has 0 spiro atoms. The molecule has 2 aromatic heterocycles. The van der Waals surface area contributed by atoms with E-state index in [0.29, 0.717) is 0 Å². The molecule has 0 atom stereocenters. The normalized spacial score (nSPS) is 16.2. The smallest absolute Gasteiger partial charge is 0.157 e. The van der Waals surface area contributed by atoms with Crippen molar-refractivity contribution in [1.82, 2.24) is 24.6 Å². The van der Waals surface area contributed by atoms with E-state index < -0.39 is 0 Å². The zero-order valence-corrected chi connectivity index (χ0v) is 18.5. The van der Waals surface area contributed by atoms with Gasteiger partial charge < -0.3 is 9.88 Å². The summed E-state index contributed by atoms with van der Waals surface area (Å²) in [6, 6.07) is 17.2. The Balaban J connectivity index is 1.10. The van der Waals surface area contributed by atoms with Gasteiger partial charge in [-0.2, -0.15) is 0 Å². The lowest BCUT2D eigenvalue weighted by Crippen LogP contribution is -2.34. The van der Waals surface area contributed by atoms with Crippen molar-refractivity contribution >= 4 is 22.2 Å². The molecule has 4 aromatic rings. The van der Waals surface area contributed by atoms with Crippen molar-refractivity contribution in [2.75, 3.05) is 31.1 Å². The van der Waals surface area contributed by atoms with E-state index in [4.69, 9.17) is 0 Å². The summed E-state index contributed by atoms with van der Waals surface area (Å²) in [4.78, 5) is 8.44. The van der Waals surface area contributed by atoms with Crippen LogP contribution in [-0.4, -0.2) is 50.8 Å². The number of nitrogens with zero attached hydrogens (tertiary/aromatic N) is 5. The fourth-order valence-electron chi connectivity index (χ4n) is 5.18. The minimum Gasteiger partial charge on any atom is -0.362 e. The van der Waals surface area contributed by atoms with E-state index in [-0.39, 0.29) is 0 Å². The Bertz CT molecular complexity index is 1300. The Hall–Kier alpha value is -3.38. The number of nitrogens with one attached hydrogen (secondary N) is 1. The number of para-hydroxylation sites is 3. The lowest BCUT2D eigenvalue weighted by Gasteiger charge is -2.33. The molecule has 0 saturated heterocycles. The number of hydrogen-bond donors (Lipinski definition) is 1. The highest BCUT2D eigenvalue weighted by Gasteiger charge is 2.24. The molecule has 0 radical (unpaired) electrons. The summed E-state index contributed by atoms with van der Waals surface area (Å²) in [7, 11) is 0. The van der Waals surface area contributed by atoms with Gasteiger partial charge in [-0.3, -0.25) is 9.47 Å². The molecule has 0 saturated carbocycles. The number of aromatic nitrogens is 4. The summed E-state index contributed by atoms with van der Waals surface area (Å²) in [5, 5.41) is 10.0. The molecular weight excluding hydrogens is 396 g/mol. The summed E-state index contributed by atoms with van der Waals surface area (Å²) in [6.07, 6.45) is 6.83. The fourth-order valence-corrected chi connectivity index (χ4v) is 5.18. The third kappa shape index (κ3) is 3.31. The maximum Gasteiger partial charge on any atom is 0.157 e. The molecule has 6 heteroatoms. The molecule has 2 aromatic carbocycles. The monoisotopic (exact) mass is 424 g/mol. The van der Waals surface area contributed by atoms with Crippen LogP contribution in [0.4, 0.5) is 5.69 Å². The van der Waals surface area contributed by atoms with Crippen LogP contribution >= 0.6 is 0 Å². The van der Waals surface area contributed by atoms with E-state index in [9.17, 15) is 0 Å². The predicted octanol–water partition coefficient (Wildman–Crippen LogP) is 4.56. The van der Waals surface area contributed by atoms with Crippen LogP contribution in [0, 0.1) is 6.92 Å². The molecular formula is C26H28N6. The van der Waals surface area contributed by atoms with Gasteiger partial charge in [0, 0.05) is 48.8 Å². The van der Waals surface area contributed by atoms with Crippen LogP contribution in [0.1, 0.15) is 30.1 Å². The number of fused-ring (bicyclic) bond motifs is 4. The Morgan fingerprint density at radius 1 is 0.969 bits per heavy atom. The van der Waals surface area contributed by atoms with Crippen LogP contribution in [0.25, 0.3) is 22.2 Å². The van der Waals surface area contributed by atoms with Crippen molar-refractivity contribution in [3.8, 4) is 5.69 Å². The predicted molar refractivity (Wildman–Crippen MR) is 129 cm³/mol. The topological polar surface area (TPSA) is 53.0 Å². The van der Waals surface area contributed by atoms with Crippen molar-refractivity contribution < 1.29 is 0 Å². The highest BCUT2D eigenvalue weighted by atomic mass is 15.3. The van der Waals surface area contributed by atoms with Crippen molar-refractivity contribution in [1.29, 1.82) is 0 Å². The Morgan fingerprint density at radius 3 is 2.69 bits per heavy atom. The first-order chi connectivity index (χ1) is 15.8. The summed E-state index contributed by atoms with van der Waals surface area (Å²) >= 11 is 0. The molecule has 4 heterocycles. The second kappa shape index (κ2) is 7.95. The minimum atomic E-state index is 0.822. The standard InChI is InChI=1S/C26H28N6/c1-19-28-29-26-18-31(24-9-4-5-10-25(24)32(19)26)14-6-13-30-15-11-20(12-16-30)22-17-27-23-8-3-2-7-21(22)23/h2-5,7-11,17,27H,6,12-16,18H2,1H3. The highest BCUT2D eigenvalue weighted by Crippen LogP contribution is 2.32. The van der Waals surface area contributed by atoms with Gasteiger partial charge in [0.1, 0.15) is 5.82 Å². The molecule has 1 N–H and O–H groups in total. The number of H-pyrrole nitrogens is 1. The molecule has 6 rings (SSSR count). The van der Waals surface area contributed by atoms with Crippen molar-refractivity contribution in [3.63, 3.8) is 0 Å². The largest absolute Gasteiger partial charge is 0.362 e. The third-order valence-electron chi connectivity index (χ3n) is 6.82. The second-order valence-corrected chi connectivity index (χ2v) is 8.79. The van der Waals surface area contributed by atoms with Gasteiger partial charge >= 0.3 is 0 Å². The zero-order chi connectivity index (χ0) is 21.5. The van der Waals surface area contributed by atoms with Crippen LogP contribution in [0.15, 0.2) is 60.8 Å². The van der Waals surface area contributed by atoms with Gasteiger partial charge in [-0.1, -0.05) is 36.4 Å². The van der Waals surface area contributed by atoms with Gasteiger partial charge in [0.2, 0.25) is 0 Å². The molecule has 162 valence electrons. The van der Waals surface area contributed by atoms with E-state index in [1.54, 1.807) is 0 Å². The van der Waals surface area contributed by atoms with Crippen LogP contribution in [0.2, 0.25) is 0 Å². The van der Waals surface area contributed by atoms with Crippen molar-refractivity contribution in [2.45, 2.75) is 26.3 Å². The Kier molecular flexibility index (Phi) is 4.80. The van der Waals surface area contributed by atoms with Crippen LogP contribution in [0.5, 0.6) is 0 Å². The molecule has 2 aliphatic heterocycles. The first kappa shape index (κ1) is 19.3. The number of hydrogen-bond acceptors (Lipinski definition) is 4. The molecule has 0 unspecified atom stereocenters. The summed E-state index contributed by atoms with van der Waals surface area (Å²) in [6.45, 7) is 7.13. The van der Waals surface area contributed by atoms with E-state index in [1.807, 2.05) is 6.92 Å². The number of aryl methyl sites for hydroxylation is 1. The van der Waals surface area contributed by atoms with E-state index >= 15 is 0 Å². The van der Waals surface area contributed by atoms with E-state index in [1.165, 1.54) is 33.4 Å². The van der Waals surface area contributed by atoms with Gasteiger partial charge in [0.15, 0.2) is 5.82 Å². The molecule has 0 aliphatic carbocycles. The SMILES string of the molecule is Cc1nnc2n1-c1ccccc1N(CCCN1CC=C(c3c[nH]c4ccccc34)CC1)C2. The average Bonchev–Trinajstić information content (AvgIpc) is 3.43. The van der Waals surface area contributed by atoms with Gasteiger partial charge in [-0.05, 0) is 43.5 Å². The fraction of sp³-hybridized carbons (Fsp3) is 0.308. The number of benzene rings is 2. The third-order valence-corrected chi connectivity index (χ3v) is 6.82. The summed E-state index contributed by atoms with van der Waals surface area (Å²) < 4.78 is 2.19. The minimum absolute atomic E-state index is 0.822. The zero-order valence-electron chi connectivity index (χ0n) is 18.5. The van der Waals surface area contributed by atoms with Crippen LogP contribution in [0.3, 0.4) is 0 Å². The van der Waals surface area contributed by atoms with E-state index in [0.717, 1.165) is 57.2 Å². The molecule has 6 nitrogen and oxygen atoms in total. The van der Waals surface area contributed by atoms with Crippen LogP contribution in [-0.2, 0) is 6.54 Å². The molecule has 2 aliphatic rings. The Morgan fingerprint density at radius 2 is 1.81 bits per heavy atom. The summed E-state index contributed by atoms with van der Waals surface area (Å²) in [5.74, 6) is 1.99. The first-order valence-electron chi connectivity index (χ1n) is 11.5.